The third kappa shape index (κ3) is 3.69. The maximum absolute atomic E-state index is 12.5. The molecule has 0 aliphatic heterocycles. The van der Waals surface area contributed by atoms with Gasteiger partial charge >= 0.3 is 0 Å². The summed E-state index contributed by atoms with van der Waals surface area (Å²) in [6.07, 6.45) is 3.14. The van der Waals surface area contributed by atoms with Crippen LogP contribution in [0.4, 0.5) is 0 Å². The van der Waals surface area contributed by atoms with Crippen molar-refractivity contribution in [3.05, 3.63) is 46.5 Å². The average Bonchev–Trinajstić information content (AvgIpc) is 2.91. The molecule has 2 heterocycles. The highest BCUT2D eigenvalue weighted by Crippen LogP contribution is 2.34. The van der Waals surface area contributed by atoms with E-state index in [4.69, 9.17) is 23.2 Å². The van der Waals surface area contributed by atoms with E-state index in [-0.39, 0.29) is 11.2 Å². The molecule has 26 heavy (non-hydrogen) atoms. The van der Waals surface area contributed by atoms with E-state index in [1.807, 2.05) is 24.3 Å². The summed E-state index contributed by atoms with van der Waals surface area (Å²) in [6, 6.07) is 9.32. The zero-order chi connectivity index (χ0) is 18.7. The minimum absolute atomic E-state index is 0.203. The average molecular weight is 391 g/mol. The van der Waals surface area contributed by atoms with Crippen molar-refractivity contribution in [2.75, 3.05) is 6.54 Å². The smallest absolute Gasteiger partial charge is 0.269 e. The van der Waals surface area contributed by atoms with E-state index >= 15 is 0 Å². The summed E-state index contributed by atoms with van der Waals surface area (Å²) in [5.74, 6) is -0.203. The van der Waals surface area contributed by atoms with Crippen LogP contribution in [0.25, 0.3) is 22.2 Å². The predicted octanol–water partition coefficient (Wildman–Crippen LogP) is 4.86. The summed E-state index contributed by atoms with van der Waals surface area (Å²) < 4.78 is 1.60. The first-order valence-corrected chi connectivity index (χ1v) is 9.34. The van der Waals surface area contributed by atoms with Crippen LogP contribution < -0.4 is 5.32 Å². The second kappa shape index (κ2) is 8.06. The number of aromatic nitrogens is 3. The lowest BCUT2D eigenvalue weighted by Crippen LogP contribution is -2.25. The first-order chi connectivity index (χ1) is 12.5. The third-order valence-electron chi connectivity index (χ3n) is 4.24. The maximum Gasteiger partial charge on any atom is 0.269 e. The molecule has 7 heteroatoms. The molecule has 2 aromatic heterocycles. The van der Waals surface area contributed by atoms with Crippen LogP contribution in [0.5, 0.6) is 0 Å². The molecule has 0 spiro atoms. The number of carbonyl (C=O) groups is 1. The molecule has 1 amide bonds. The second-order valence-electron chi connectivity index (χ2n) is 6.11. The van der Waals surface area contributed by atoms with Gasteiger partial charge in [-0.3, -0.25) is 4.79 Å². The summed E-state index contributed by atoms with van der Waals surface area (Å²) in [5, 5.41) is 4.50. The molecule has 0 saturated heterocycles. The number of amides is 1. The first kappa shape index (κ1) is 18.7. The number of unbranched alkanes of at least 4 members (excludes halogenated alkanes) is 2. The Morgan fingerprint density at radius 3 is 2.65 bits per heavy atom. The van der Waals surface area contributed by atoms with Crippen molar-refractivity contribution in [3.8, 4) is 11.3 Å². The molecule has 0 atom stereocenters. The van der Waals surface area contributed by atoms with Crippen molar-refractivity contribution < 1.29 is 4.79 Å². The summed E-state index contributed by atoms with van der Waals surface area (Å²) in [7, 11) is 1.74. The van der Waals surface area contributed by atoms with Crippen molar-refractivity contribution in [2.45, 2.75) is 26.2 Å². The molecule has 1 aromatic carbocycles. The van der Waals surface area contributed by atoms with E-state index in [1.54, 1.807) is 17.7 Å². The Morgan fingerprint density at radius 1 is 1.19 bits per heavy atom. The number of para-hydroxylation sites is 1. The van der Waals surface area contributed by atoms with Gasteiger partial charge in [-0.25, -0.2) is 9.97 Å². The summed E-state index contributed by atoms with van der Waals surface area (Å²) in [5.41, 5.74) is 2.33. The maximum atomic E-state index is 12.5. The van der Waals surface area contributed by atoms with Gasteiger partial charge in [-0.15, -0.1) is 0 Å². The first-order valence-electron chi connectivity index (χ1n) is 8.59. The Kier molecular flexibility index (Phi) is 5.79. The standard InChI is InChI=1S/C19H20Cl2N4O/c1-3-4-7-10-22-18(26)15-11-13(12-8-5-6-9-14(12)23-15)16-17(20)25(2)19(21)24-16/h5-6,8-9,11H,3-4,7,10H2,1-2H3,(H,22,26). The van der Waals surface area contributed by atoms with E-state index in [0.717, 1.165) is 30.2 Å². The molecule has 5 nitrogen and oxygen atoms in total. The lowest BCUT2D eigenvalue weighted by molar-refractivity contribution is 0.0948. The molecule has 1 N–H and O–H groups in total. The normalized spacial score (nSPS) is 11.1. The minimum atomic E-state index is -0.203. The lowest BCUT2D eigenvalue weighted by atomic mass is 10.0. The Labute approximate surface area is 162 Å². The fraction of sp³-hybridized carbons (Fsp3) is 0.316. The van der Waals surface area contributed by atoms with E-state index in [0.29, 0.717) is 28.6 Å². The zero-order valence-electron chi connectivity index (χ0n) is 14.7. The van der Waals surface area contributed by atoms with Crippen molar-refractivity contribution in [1.29, 1.82) is 0 Å². The van der Waals surface area contributed by atoms with Crippen LogP contribution in [0.15, 0.2) is 30.3 Å². The lowest BCUT2D eigenvalue weighted by Gasteiger charge is -2.09. The number of benzene rings is 1. The van der Waals surface area contributed by atoms with Gasteiger partial charge in [-0.1, -0.05) is 49.6 Å². The zero-order valence-corrected chi connectivity index (χ0v) is 16.2. The van der Waals surface area contributed by atoms with Gasteiger partial charge < -0.3 is 9.88 Å². The number of fused-ring (bicyclic) bond motifs is 1. The molecular formula is C19H20Cl2N4O. The number of hydrogen-bond donors (Lipinski definition) is 1. The number of pyridine rings is 1. The number of imidazole rings is 1. The predicted molar refractivity (Wildman–Crippen MR) is 106 cm³/mol. The monoisotopic (exact) mass is 390 g/mol. The number of halogens is 2. The molecule has 0 fully saturated rings. The van der Waals surface area contributed by atoms with Crippen molar-refractivity contribution in [2.24, 2.45) is 7.05 Å². The van der Waals surface area contributed by atoms with Gasteiger partial charge in [-0.05, 0) is 30.2 Å². The third-order valence-corrected chi connectivity index (χ3v) is 5.01. The highest BCUT2D eigenvalue weighted by atomic mass is 35.5. The Balaban J connectivity index is 2.04. The molecule has 3 rings (SSSR count). The van der Waals surface area contributed by atoms with E-state index in [1.165, 1.54) is 0 Å². The number of nitrogens with zero attached hydrogens (tertiary/aromatic N) is 3. The van der Waals surface area contributed by atoms with Crippen LogP contribution in [-0.4, -0.2) is 27.0 Å². The van der Waals surface area contributed by atoms with Crippen LogP contribution in [0.1, 0.15) is 36.7 Å². The van der Waals surface area contributed by atoms with E-state index in [9.17, 15) is 4.79 Å². The second-order valence-corrected chi connectivity index (χ2v) is 6.81. The van der Waals surface area contributed by atoms with Gasteiger partial charge in [0.15, 0.2) is 0 Å². The van der Waals surface area contributed by atoms with Crippen LogP contribution in [-0.2, 0) is 7.05 Å². The molecule has 0 radical (unpaired) electrons. The molecule has 0 bridgehead atoms. The molecule has 0 aliphatic carbocycles. The largest absolute Gasteiger partial charge is 0.351 e. The SMILES string of the molecule is CCCCCNC(=O)c1cc(-c2nc(Cl)n(C)c2Cl)c2ccccc2n1. The summed E-state index contributed by atoms with van der Waals surface area (Å²) in [6.45, 7) is 2.76. The number of hydrogen-bond acceptors (Lipinski definition) is 3. The highest BCUT2D eigenvalue weighted by Gasteiger charge is 2.19. The molecule has 136 valence electrons. The summed E-state index contributed by atoms with van der Waals surface area (Å²) >= 11 is 12.5. The Morgan fingerprint density at radius 2 is 1.96 bits per heavy atom. The van der Waals surface area contributed by atoms with Crippen LogP contribution in [0, 0.1) is 0 Å². The van der Waals surface area contributed by atoms with Crippen LogP contribution in [0.3, 0.4) is 0 Å². The number of carbonyl (C=O) groups excluding carboxylic acids is 1. The summed E-state index contributed by atoms with van der Waals surface area (Å²) in [4.78, 5) is 21.4. The molecule has 0 aliphatic rings. The fourth-order valence-electron chi connectivity index (χ4n) is 2.78. The van der Waals surface area contributed by atoms with Gasteiger partial charge in [0, 0.05) is 24.5 Å². The van der Waals surface area contributed by atoms with Gasteiger partial charge in [0.1, 0.15) is 16.5 Å². The topological polar surface area (TPSA) is 59.8 Å². The van der Waals surface area contributed by atoms with Crippen molar-refractivity contribution in [1.82, 2.24) is 19.9 Å². The van der Waals surface area contributed by atoms with E-state index in [2.05, 4.69) is 22.2 Å². The van der Waals surface area contributed by atoms with E-state index < -0.39 is 0 Å². The Bertz CT molecular complexity index is 952. The molecular weight excluding hydrogens is 371 g/mol. The highest BCUT2D eigenvalue weighted by molar-refractivity contribution is 6.35. The van der Waals surface area contributed by atoms with Gasteiger partial charge in [-0.2, -0.15) is 0 Å². The quantitative estimate of drug-likeness (QED) is 0.611. The van der Waals surface area contributed by atoms with Gasteiger partial charge in [0.2, 0.25) is 5.28 Å². The van der Waals surface area contributed by atoms with Crippen molar-refractivity contribution in [3.63, 3.8) is 0 Å². The molecule has 0 saturated carbocycles. The van der Waals surface area contributed by atoms with Crippen molar-refractivity contribution >= 4 is 40.0 Å². The van der Waals surface area contributed by atoms with Crippen LogP contribution in [0.2, 0.25) is 10.4 Å². The fourth-order valence-corrected chi connectivity index (χ4v) is 3.22. The number of rotatable bonds is 6. The van der Waals surface area contributed by atoms with Crippen LogP contribution >= 0.6 is 23.2 Å². The number of nitrogens with one attached hydrogen (secondary N) is 1. The molecule has 3 aromatic rings. The Hall–Kier alpha value is -2.11. The van der Waals surface area contributed by atoms with Gasteiger partial charge in [0.05, 0.1) is 5.52 Å². The minimum Gasteiger partial charge on any atom is -0.351 e. The molecule has 0 unspecified atom stereocenters. The van der Waals surface area contributed by atoms with Gasteiger partial charge in [0.25, 0.3) is 5.91 Å².